The van der Waals surface area contributed by atoms with Crippen molar-refractivity contribution in [1.82, 2.24) is 0 Å². The SMILES string of the molecule is NC(=O)c1ccccc1OC(=O)OC1CCCCC1. The van der Waals surface area contributed by atoms with Crippen LogP contribution in [0.3, 0.4) is 0 Å². The van der Waals surface area contributed by atoms with Gasteiger partial charge in [0.15, 0.2) is 0 Å². The Morgan fingerprint density at radius 3 is 2.47 bits per heavy atom. The molecule has 5 nitrogen and oxygen atoms in total. The number of hydrogen-bond donors (Lipinski definition) is 1. The summed E-state index contributed by atoms with van der Waals surface area (Å²) >= 11 is 0. The third kappa shape index (κ3) is 3.71. The van der Waals surface area contributed by atoms with E-state index in [0.717, 1.165) is 25.7 Å². The van der Waals surface area contributed by atoms with Crippen LogP contribution >= 0.6 is 0 Å². The molecule has 0 aromatic heterocycles. The number of rotatable bonds is 3. The van der Waals surface area contributed by atoms with Crippen LogP contribution in [0.1, 0.15) is 42.5 Å². The Kier molecular flexibility index (Phi) is 4.39. The second-order valence-corrected chi connectivity index (χ2v) is 4.59. The Hall–Kier alpha value is -2.04. The Morgan fingerprint density at radius 1 is 1.11 bits per heavy atom. The molecule has 0 unspecified atom stereocenters. The van der Waals surface area contributed by atoms with Crippen molar-refractivity contribution in [3.05, 3.63) is 29.8 Å². The summed E-state index contributed by atoms with van der Waals surface area (Å²) in [6.07, 6.45) is 4.19. The zero-order chi connectivity index (χ0) is 13.7. The first-order valence-electron chi connectivity index (χ1n) is 6.44. The minimum atomic E-state index is -0.777. The third-order valence-corrected chi connectivity index (χ3v) is 3.16. The van der Waals surface area contributed by atoms with Crippen molar-refractivity contribution in [1.29, 1.82) is 0 Å². The Balaban J connectivity index is 1.96. The van der Waals surface area contributed by atoms with E-state index in [1.54, 1.807) is 12.1 Å². The molecule has 1 fully saturated rings. The van der Waals surface area contributed by atoms with Crippen LogP contribution in [0.2, 0.25) is 0 Å². The van der Waals surface area contributed by atoms with Gasteiger partial charge in [0.05, 0.1) is 5.56 Å². The number of benzene rings is 1. The molecule has 1 aliphatic carbocycles. The number of carbonyl (C=O) groups excluding carboxylic acids is 2. The molecule has 1 saturated carbocycles. The quantitative estimate of drug-likeness (QED) is 0.671. The number of hydrogen-bond acceptors (Lipinski definition) is 4. The normalized spacial score (nSPS) is 15.8. The molecule has 0 aliphatic heterocycles. The summed E-state index contributed by atoms with van der Waals surface area (Å²) in [6, 6.07) is 6.34. The largest absolute Gasteiger partial charge is 0.514 e. The van der Waals surface area contributed by atoms with E-state index in [4.69, 9.17) is 15.2 Å². The number of ether oxygens (including phenoxy) is 2. The molecule has 0 saturated heterocycles. The lowest BCUT2D eigenvalue weighted by molar-refractivity contribution is 0.0415. The topological polar surface area (TPSA) is 78.6 Å². The van der Waals surface area contributed by atoms with Crippen molar-refractivity contribution in [2.24, 2.45) is 5.73 Å². The van der Waals surface area contributed by atoms with E-state index in [9.17, 15) is 9.59 Å². The maximum atomic E-state index is 11.7. The minimum Gasteiger partial charge on any atom is -0.431 e. The second-order valence-electron chi connectivity index (χ2n) is 4.59. The summed E-state index contributed by atoms with van der Waals surface area (Å²) in [5, 5.41) is 0. The van der Waals surface area contributed by atoms with E-state index in [1.165, 1.54) is 18.6 Å². The van der Waals surface area contributed by atoms with Crippen LogP contribution in [0.15, 0.2) is 24.3 Å². The van der Waals surface area contributed by atoms with Gasteiger partial charge in [-0.05, 0) is 37.8 Å². The van der Waals surface area contributed by atoms with Gasteiger partial charge in [-0.2, -0.15) is 0 Å². The van der Waals surface area contributed by atoms with Crippen LogP contribution in [-0.2, 0) is 4.74 Å². The van der Waals surface area contributed by atoms with Gasteiger partial charge in [-0.15, -0.1) is 0 Å². The van der Waals surface area contributed by atoms with Gasteiger partial charge < -0.3 is 15.2 Å². The molecular weight excluding hydrogens is 246 g/mol. The molecule has 2 rings (SSSR count). The average Bonchev–Trinajstić information content (AvgIpc) is 2.40. The maximum Gasteiger partial charge on any atom is 0.514 e. The summed E-state index contributed by atoms with van der Waals surface area (Å²) in [7, 11) is 0. The van der Waals surface area contributed by atoms with E-state index in [2.05, 4.69) is 0 Å². The van der Waals surface area contributed by atoms with E-state index < -0.39 is 12.1 Å². The lowest BCUT2D eigenvalue weighted by atomic mass is 9.98. The van der Waals surface area contributed by atoms with E-state index >= 15 is 0 Å². The fraction of sp³-hybridized carbons (Fsp3) is 0.429. The fourth-order valence-electron chi connectivity index (χ4n) is 2.19. The molecule has 1 amide bonds. The highest BCUT2D eigenvalue weighted by Gasteiger charge is 2.20. The van der Waals surface area contributed by atoms with Crippen molar-refractivity contribution < 1.29 is 19.1 Å². The van der Waals surface area contributed by atoms with Crippen LogP contribution in [-0.4, -0.2) is 18.2 Å². The Bertz CT molecular complexity index is 466. The van der Waals surface area contributed by atoms with Gasteiger partial charge in [0.1, 0.15) is 11.9 Å². The number of para-hydroxylation sites is 1. The van der Waals surface area contributed by atoms with Gasteiger partial charge in [-0.3, -0.25) is 4.79 Å². The predicted octanol–water partition coefficient (Wildman–Crippen LogP) is 2.63. The smallest absolute Gasteiger partial charge is 0.431 e. The average molecular weight is 263 g/mol. The second kappa shape index (κ2) is 6.22. The first-order valence-corrected chi connectivity index (χ1v) is 6.44. The van der Waals surface area contributed by atoms with Crippen molar-refractivity contribution >= 4 is 12.1 Å². The monoisotopic (exact) mass is 263 g/mol. The highest BCUT2D eigenvalue weighted by Crippen LogP contribution is 2.22. The van der Waals surface area contributed by atoms with Gasteiger partial charge in [0, 0.05) is 0 Å². The molecule has 0 heterocycles. The maximum absolute atomic E-state index is 11.7. The highest BCUT2D eigenvalue weighted by molar-refractivity contribution is 5.96. The molecule has 1 aromatic rings. The molecule has 2 N–H and O–H groups in total. The van der Waals surface area contributed by atoms with Gasteiger partial charge in [-0.25, -0.2) is 4.79 Å². The first kappa shape index (κ1) is 13.4. The number of nitrogens with two attached hydrogens (primary N) is 1. The lowest BCUT2D eigenvalue weighted by Crippen LogP contribution is -2.24. The van der Waals surface area contributed by atoms with Crippen LogP contribution in [0.4, 0.5) is 4.79 Å². The summed E-state index contributed by atoms with van der Waals surface area (Å²) in [5.41, 5.74) is 5.37. The molecule has 0 radical (unpaired) electrons. The van der Waals surface area contributed by atoms with Crippen molar-refractivity contribution in [2.45, 2.75) is 38.2 Å². The molecule has 102 valence electrons. The summed E-state index contributed by atoms with van der Waals surface area (Å²) in [6.45, 7) is 0. The first-order chi connectivity index (χ1) is 9.16. The van der Waals surface area contributed by atoms with Crippen LogP contribution in [0, 0.1) is 0 Å². The highest BCUT2D eigenvalue weighted by atomic mass is 16.7. The molecule has 0 spiro atoms. The van der Waals surface area contributed by atoms with E-state index in [1.807, 2.05) is 0 Å². The molecule has 0 bridgehead atoms. The van der Waals surface area contributed by atoms with Crippen LogP contribution in [0.25, 0.3) is 0 Å². The fourth-order valence-corrected chi connectivity index (χ4v) is 2.19. The summed E-state index contributed by atoms with van der Waals surface area (Å²) < 4.78 is 10.3. The number of primary amides is 1. The summed E-state index contributed by atoms with van der Waals surface area (Å²) in [5.74, 6) is -0.503. The molecule has 19 heavy (non-hydrogen) atoms. The van der Waals surface area contributed by atoms with Gasteiger partial charge in [-0.1, -0.05) is 18.6 Å². The van der Waals surface area contributed by atoms with Crippen LogP contribution in [0.5, 0.6) is 5.75 Å². The summed E-state index contributed by atoms with van der Waals surface area (Å²) in [4.78, 5) is 22.8. The predicted molar refractivity (Wildman–Crippen MR) is 68.9 cm³/mol. The van der Waals surface area contributed by atoms with Crippen molar-refractivity contribution in [3.63, 3.8) is 0 Å². The zero-order valence-corrected chi connectivity index (χ0v) is 10.6. The van der Waals surface area contributed by atoms with E-state index in [0.29, 0.717) is 0 Å². The molecule has 1 aromatic carbocycles. The lowest BCUT2D eigenvalue weighted by Gasteiger charge is -2.21. The molecule has 0 atom stereocenters. The van der Waals surface area contributed by atoms with Crippen molar-refractivity contribution in [2.75, 3.05) is 0 Å². The Labute approximate surface area is 111 Å². The zero-order valence-electron chi connectivity index (χ0n) is 10.6. The van der Waals surface area contributed by atoms with E-state index in [-0.39, 0.29) is 17.4 Å². The number of carbonyl (C=O) groups is 2. The van der Waals surface area contributed by atoms with Gasteiger partial charge in [0.25, 0.3) is 5.91 Å². The Morgan fingerprint density at radius 2 is 1.79 bits per heavy atom. The third-order valence-electron chi connectivity index (χ3n) is 3.16. The minimum absolute atomic E-state index is 0.0815. The standard InChI is InChI=1S/C14H17NO4/c15-13(16)11-8-4-5-9-12(11)19-14(17)18-10-6-2-1-3-7-10/h4-5,8-10H,1-3,6-7H2,(H2,15,16). The van der Waals surface area contributed by atoms with Crippen molar-refractivity contribution in [3.8, 4) is 5.75 Å². The molecular formula is C14H17NO4. The number of amides is 1. The van der Waals surface area contributed by atoms with Gasteiger partial charge >= 0.3 is 6.16 Å². The molecule has 1 aliphatic rings. The van der Waals surface area contributed by atoms with Gasteiger partial charge in [0.2, 0.25) is 0 Å². The molecule has 5 heteroatoms. The van der Waals surface area contributed by atoms with Crippen LogP contribution < -0.4 is 10.5 Å².